The van der Waals surface area contributed by atoms with Gasteiger partial charge in [0, 0.05) is 19.1 Å². The van der Waals surface area contributed by atoms with Crippen molar-refractivity contribution in [3.63, 3.8) is 0 Å². The molecular formula is C16H22N2O2. The molecule has 1 aliphatic carbocycles. The van der Waals surface area contributed by atoms with E-state index < -0.39 is 0 Å². The average Bonchev–Trinajstić information content (AvgIpc) is 2.99. The summed E-state index contributed by atoms with van der Waals surface area (Å²) in [5.74, 6) is 2.60. The molecule has 2 aliphatic heterocycles. The molecule has 0 bridgehead atoms. The Kier molecular flexibility index (Phi) is 3.28. The highest BCUT2D eigenvalue weighted by Crippen LogP contribution is 2.33. The second-order valence-electron chi connectivity index (χ2n) is 6.26. The van der Waals surface area contributed by atoms with Crippen LogP contribution in [0, 0.1) is 5.92 Å². The van der Waals surface area contributed by atoms with Crippen molar-refractivity contribution in [2.24, 2.45) is 5.92 Å². The molecule has 0 amide bonds. The number of fused-ring (bicyclic) bond motifs is 1. The number of nitrogens with one attached hydrogen (secondary N) is 1. The summed E-state index contributed by atoms with van der Waals surface area (Å²) in [4.78, 5) is 2.55. The zero-order valence-electron chi connectivity index (χ0n) is 11.8. The molecule has 1 saturated heterocycles. The van der Waals surface area contributed by atoms with Gasteiger partial charge in [-0.15, -0.1) is 0 Å². The maximum absolute atomic E-state index is 5.45. The van der Waals surface area contributed by atoms with E-state index in [1.165, 1.54) is 44.5 Å². The molecule has 2 fully saturated rings. The highest BCUT2D eigenvalue weighted by atomic mass is 16.7. The molecule has 1 unspecified atom stereocenters. The smallest absolute Gasteiger partial charge is 0.231 e. The molecule has 4 rings (SSSR count). The topological polar surface area (TPSA) is 33.7 Å². The average molecular weight is 274 g/mol. The molecule has 20 heavy (non-hydrogen) atoms. The number of ether oxygens (including phenoxy) is 2. The van der Waals surface area contributed by atoms with Gasteiger partial charge in [0.05, 0.1) is 0 Å². The fraction of sp³-hybridized carbons (Fsp3) is 0.625. The predicted molar refractivity (Wildman–Crippen MR) is 77.0 cm³/mol. The summed E-state index contributed by atoms with van der Waals surface area (Å²) in [6.07, 6.45) is 4.09. The Balaban J connectivity index is 1.30. The number of likely N-dealkylation sites (tertiary alicyclic amines) is 1. The number of rotatable bonds is 5. The van der Waals surface area contributed by atoms with Gasteiger partial charge >= 0.3 is 0 Å². The van der Waals surface area contributed by atoms with Gasteiger partial charge in [-0.1, -0.05) is 6.07 Å². The Morgan fingerprint density at radius 1 is 1.15 bits per heavy atom. The SMILES string of the molecule is c1cc2c(cc1CN1CCC(CNC3CC3)C1)OCO2. The zero-order valence-corrected chi connectivity index (χ0v) is 11.8. The molecule has 2 heterocycles. The normalized spacial score (nSPS) is 25.3. The molecular weight excluding hydrogens is 252 g/mol. The van der Waals surface area contributed by atoms with Crippen molar-refractivity contribution in [3.05, 3.63) is 23.8 Å². The summed E-state index contributed by atoms with van der Waals surface area (Å²) in [5.41, 5.74) is 1.32. The molecule has 1 saturated carbocycles. The first-order valence-corrected chi connectivity index (χ1v) is 7.71. The standard InChI is InChI=1S/C16H22N2O2/c1-4-15-16(20-11-19-15)7-12(1)9-18-6-5-13(10-18)8-17-14-2-3-14/h1,4,7,13-14,17H,2-3,5-6,8-11H2. The quantitative estimate of drug-likeness (QED) is 0.890. The lowest BCUT2D eigenvalue weighted by Crippen LogP contribution is -2.27. The Morgan fingerprint density at radius 2 is 2.05 bits per heavy atom. The van der Waals surface area contributed by atoms with Gasteiger partial charge in [0.25, 0.3) is 0 Å². The maximum Gasteiger partial charge on any atom is 0.231 e. The first-order chi connectivity index (χ1) is 9.87. The predicted octanol–water partition coefficient (Wildman–Crippen LogP) is 1.99. The zero-order chi connectivity index (χ0) is 13.4. The lowest BCUT2D eigenvalue weighted by Gasteiger charge is -2.16. The molecule has 0 radical (unpaired) electrons. The van der Waals surface area contributed by atoms with Crippen molar-refractivity contribution in [1.82, 2.24) is 10.2 Å². The molecule has 1 aromatic rings. The maximum atomic E-state index is 5.45. The highest BCUT2D eigenvalue weighted by Gasteiger charge is 2.26. The van der Waals surface area contributed by atoms with Crippen LogP contribution in [-0.4, -0.2) is 37.4 Å². The minimum absolute atomic E-state index is 0.359. The lowest BCUT2D eigenvalue weighted by atomic mass is 10.1. The summed E-state index contributed by atoms with van der Waals surface area (Å²) < 4.78 is 10.8. The van der Waals surface area contributed by atoms with E-state index in [4.69, 9.17) is 9.47 Å². The molecule has 108 valence electrons. The number of hydrogen-bond donors (Lipinski definition) is 1. The van der Waals surface area contributed by atoms with E-state index in [-0.39, 0.29) is 0 Å². The van der Waals surface area contributed by atoms with Gasteiger partial charge in [0.1, 0.15) is 0 Å². The highest BCUT2D eigenvalue weighted by molar-refractivity contribution is 5.44. The summed E-state index contributed by atoms with van der Waals surface area (Å²) in [5, 5.41) is 3.65. The molecule has 1 atom stereocenters. The number of benzene rings is 1. The number of hydrogen-bond acceptors (Lipinski definition) is 4. The summed E-state index contributed by atoms with van der Waals surface area (Å²) in [6, 6.07) is 7.14. The van der Waals surface area contributed by atoms with E-state index in [1.54, 1.807) is 0 Å². The van der Waals surface area contributed by atoms with Crippen LogP contribution in [0.4, 0.5) is 0 Å². The Morgan fingerprint density at radius 3 is 2.95 bits per heavy atom. The van der Waals surface area contributed by atoms with Crippen molar-refractivity contribution in [3.8, 4) is 11.5 Å². The van der Waals surface area contributed by atoms with Crippen LogP contribution in [0.3, 0.4) is 0 Å². The van der Waals surface area contributed by atoms with Gasteiger partial charge in [-0.2, -0.15) is 0 Å². The van der Waals surface area contributed by atoms with E-state index in [9.17, 15) is 0 Å². The summed E-state index contributed by atoms with van der Waals surface area (Å²) in [6.45, 7) is 5.01. The van der Waals surface area contributed by atoms with Crippen LogP contribution < -0.4 is 14.8 Å². The van der Waals surface area contributed by atoms with Crippen molar-refractivity contribution in [1.29, 1.82) is 0 Å². The molecule has 4 nitrogen and oxygen atoms in total. The fourth-order valence-corrected chi connectivity index (χ4v) is 3.14. The minimum atomic E-state index is 0.359. The van der Waals surface area contributed by atoms with E-state index in [0.717, 1.165) is 30.0 Å². The Labute approximate surface area is 120 Å². The van der Waals surface area contributed by atoms with Crippen LogP contribution in [0.25, 0.3) is 0 Å². The van der Waals surface area contributed by atoms with E-state index in [0.29, 0.717) is 6.79 Å². The van der Waals surface area contributed by atoms with Crippen LogP contribution in [0.15, 0.2) is 18.2 Å². The van der Waals surface area contributed by atoms with E-state index in [2.05, 4.69) is 22.3 Å². The summed E-state index contributed by atoms with van der Waals surface area (Å²) in [7, 11) is 0. The first-order valence-electron chi connectivity index (χ1n) is 7.71. The summed E-state index contributed by atoms with van der Waals surface area (Å²) >= 11 is 0. The van der Waals surface area contributed by atoms with Gasteiger partial charge in [-0.3, -0.25) is 4.90 Å². The van der Waals surface area contributed by atoms with E-state index >= 15 is 0 Å². The minimum Gasteiger partial charge on any atom is -0.454 e. The third-order valence-electron chi connectivity index (χ3n) is 4.49. The monoisotopic (exact) mass is 274 g/mol. The Bertz CT molecular complexity index is 487. The second-order valence-corrected chi connectivity index (χ2v) is 6.26. The third kappa shape index (κ3) is 2.76. The van der Waals surface area contributed by atoms with Crippen LogP contribution in [0.2, 0.25) is 0 Å². The van der Waals surface area contributed by atoms with Crippen LogP contribution in [-0.2, 0) is 6.54 Å². The van der Waals surface area contributed by atoms with Gasteiger partial charge in [0.15, 0.2) is 11.5 Å². The first kappa shape index (κ1) is 12.5. The van der Waals surface area contributed by atoms with Gasteiger partial charge in [0.2, 0.25) is 6.79 Å². The van der Waals surface area contributed by atoms with Crippen LogP contribution in [0.5, 0.6) is 11.5 Å². The van der Waals surface area contributed by atoms with Crippen molar-refractivity contribution < 1.29 is 9.47 Å². The van der Waals surface area contributed by atoms with Crippen LogP contribution in [0.1, 0.15) is 24.8 Å². The van der Waals surface area contributed by atoms with Crippen LogP contribution >= 0.6 is 0 Å². The second kappa shape index (κ2) is 5.26. The van der Waals surface area contributed by atoms with Crippen molar-refractivity contribution >= 4 is 0 Å². The molecule has 4 heteroatoms. The van der Waals surface area contributed by atoms with Gasteiger partial charge < -0.3 is 14.8 Å². The Hall–Kier alpha value is -1.26. The molecule has 1 aromatic carbocycles. The molecule has 0 spiro atoms. The van der Waals surface area contributed by atoms with Gasteiger partial charge in [-0.25, -0.2) is 0 Å². The van der Waals surface area contributed by atoms with Crippen molar-refractivity contribution in [2.45, 2.75) is 31.8 Å². The largest absolute Gasteiger partial charge is 0.454 e. The third-order valence-corrected chi connectivity index (χ3v) is 4.49. The van der Waals surface area contributed by atoms with E-state index in [1.807, 2.05) is 6.07 Å². The molecule has 0 aromatic heterocycles. The fourth-order valence-electron chi connectivity index (χ4n) is 3.14. The lowest BCUT2D eigenvalue weighted by molar-refractivity contribution is 0.174. The van der Waals surface area contributed by atoms with Gasteiger partial charge in [-0.05, 0) is 56.0 Å². The number of nitrogens with zero attached hydrogens (tertiary/aromatic N) is 1. The molecule has 3 aliphatic rings. The van der Waals surface area contributed by atoms with Crippen molar-refractivity contribution in [2.75, 3.05) is 26.4 Å². The molecule has 1 N–H and O–H groups in total.